The summed E-state index contributed by atoms with van der Waals surface area (Å²) in [6, 6.07) is 7.68. The van der Waals surface area contributed by atoms with Gasteiger partial charge in [-0.3, -0.25) is 9.89 Å². The monoisotopic (exact) mass is 218 g/mol. The van der Waals surface area contributed by atoms with Crippen LogP contribution in [-0.2, 0) is 0 Å². The largest absolute Gasteiger partial charge is 0.508 e. The fourth-order valence-electron chi connectivity index (χ4n) is 1.24. The van der Waals surface area contributed by atoms with Crippen molar-refractivity contribution in [1.29, 1.82) is 0 Å². The van der Waals surface area contributed by atoms with Gasteiger partial charge in [0.25, 0.3) is 5.91 Å². The van der Waals surface area contributed by atoms with Gasteiger partial charge in [-0.2, -0.15) is 5.10 Å². The Labute approximate surface area is 91.1 Å². The molecule has 0 saturated heterocycles. The number of H-pyrrole nitrogens is 1. The van der Waals surface area contributed by atoms with Gasteiger partial charge in [0.15, 0.2) is 0 Å². The minimum absolute atomic E-state index is 0.0851. The Morgan fingerprint density at radius 3 is 2.88 bits per heavy atom. The van der Waals surface area contributed by atoms with Crippen LogP contribution in [0.2, 0.25) is 0 Å². The third-order valence-electron chi connectivity index (χ3n) is 1.95. The number of hydrogen-bond donors (Lipinski definition) is 4. The first-order chi connectivity index (χ1) is 7.65. The number of aromatic amines is 1. The Hall–Kier alpha value is -2.50. The highest BCUT2D eigenvalue weighted by Gasteiger charge is 2.08. The van der Waals surface area contributed by atoms with E-state index < -0.39 is 0 Å². The van der Waals surface area contributed by atoms with Crippen LogP contribution in [-0.4, -0.2) is 21.2 Å². The molecule has 0 aliphatic carbocycles. The van der Waals surface area contributed by atoms with E-state index in [1.54, 1.807) is 12.1 Å². The number of anilines is 2. The molecule has 6 nitrogen and oxygen atoms in total. The smallest absolute Gasteiger partial charge is 0.273 e. The first-order valence-corrected chi connectivity index (χ1v) is 4.56. The predicted molar refractivity (Wildman–Crippen MR) is 59.1 cm³/mol. The van der Waals surface area contributed by atoms with E-state index in [1.165, 1.54) is 18.2 Å². The van der Waals surface area contributed by atoms with Crippen LogP contribution in [0.25, 0.3) is 0 Å². The summed E-state index contributed by atoms with van der Waals surface area (Å²) >= 11 is 0. The Balaban J connectivity index is 2.13. The van der Waals surface area contributed by atoms with Gasteiger partial charge in [-0.15, -0.1) is 0 Å². The maximum Gasteiger partial charge on any atom is 0.273 e. The van der Waals surface area contributed by atoms with Crippen LogP contribution in [0.4, 0.5) is 11.5 Å². The van der Waals surface area contributed by atoms with Crippen molar-refractivity contribution in [1.82, 2.24) is 10.2 Å². The zero-order chi connectivity index (χ0) is 11.5. The van der Waals surface area contributed by atoms with E-state index >= 15 is 0 Å². The van der Waals surface area contributed by atoms with Gasteiger partial charge in [-0.05, 0) is 12.1 Å². The van der Waals surface area contributed by atoms with Crippen molar-refractivity contribution in [2.45, 2.75) is 0 Å². The van der Waals surface area contributed by atoms with E-state index in [0.29, 0.717) is 5.69 Å². The van der Waals surface area contributed by atoms with E-state index in [4.69, 9.17) is 5.73 Å². The average Bonchev–Trinajstić information content (AvgIpc) is 2.65. The van der Waals surface area contributed by atoms with Crippen molar-refractivity contribution < 1.29 is 9.90 Å². The molecule has 1 heterocycles. The number of benzene rings is 1. The Morgan fingerprint density at radius 1 is 1.44 bits per heavy atom. The number of nitrogen functional groups attached to an aromatic ring is 1. The zero-order valence-electron chi connectivity index (χ0n) is 8.27. The van der Waals surface area contributed by atoms with E-state index in [1.807, 2.05) is 0 Å². The molecule has 1 aromatic carbocycles. The molecular formula is C10H10N4O2. The number of phenols is 1. The SMILES string of the molecule is Nc1cc(C(=O)Nc2cccc(O)c2)[nH]n1. The molecule has 5 N–H and O–H groups in total. The van der Waals surface area contributed by atoms with E-state index in [0.717, 1.165) is 0 Å². The van der Waals surface area contributed by atoms with Gasteiger partial charge in [0, 0.05) is 17.8 Å². The lowest BCUT2D eigenvalue weighted by Gasteiger charge is -2.03. The van der Waals surface area contributed by atoms with Crippen molar-refractivity contribution in [3.63, 3.8) is 0 Å². The summed E-state index contributed by atoms with van der Waals surface area (Å²) in [4.78, 5) is 11.6. The minimum Gasteiger partial charge on any atom is -0.508 e. The van der Waals surface area contributed by atoms with Crippen LogP contribution in [0.15, 0.2) is 30.3 Å². The van der Waals surface area contributed by atoms with Gasteiger partial charge in [0.05, 0.1) is 0 Å². The molecule has 6 heteroatoms. The molecule has 0 radical (unpaired) electrons. The molecule has 2 rings (SSSR count). The van der Waals surface area contributed by atoms with E-state index in [9.17, 15) is 9.90 Å². The lowest BCUT2D eigenvalue weighted by atomic mass is 10.3. The second-order valence-corrected chi connectivity index (χ2v) is 3.21. The third-order valence-corrected chi connectivity index (χ3v) is 1.95. The first-order valence-electron chi connectivity index (χ1n) is 4.56. The third kappa shape index (κ3) is 2.11. The summed E-state index contributed by atoms with van der Waals surface area (Å²) in [6.45, 7) is 0. The van der Waals surface area contributed by atoms with Crippen molar-refractivity contribution >= 4 is 17.4 Å². The molecule has 82 valence electrons. The van der Waals surface area contributed by atoms with Gasteiger partial charge in [0.2, 0.25) is 0 Å². The van der Waals surface area contributed by atoms with Gasteiger partial charge in [-0.25, -0.2) is 0 Å². The normalized spacial score (nSPS) is 10.0. The van der Waals surface area contributed by atoms with Crippen molar-refractivity contribution in [2.24, 2.45) is 0 Å². The summed E-state index contributed by atoms with van der Waals surface area (Å²) in [7, 11) is 0. The zero-order valence-corrected chi connectivity index (χ0v) is 8.27. The Bertz CT molecular complexity index is 521. The van der Waals surface area contributed by atoms with E-state index in [2.05, 4.69) is 15.5 Å². The predicted octanol–water partition coefficient (Wildman–Crippen LogP) is 0.950. The molecule has 1 aromatic heterocycles. The number of nitrogens with two attached hydrogens (primary N) is 1. The molecule has 16 heavy (non-hydrogen) atoms. The second kappa shape index (κ2) is 3.93. The van der Waals surface area contributed by atoms with Crippen molar-refractivity contribution in [3.8, 4) is 5.75 Å². The number of rotatable bonds is 2. The highest BCUT2D eigenvalue weighted by Crippen LogP contribution is 2.16. The summed E-state index contributed by atoms with van der Waals surface area (Å²) < 4.78 is 0. The summed E-state index contributed by atoms with van der Waals surface area (Å²) in [5, 5.41) is 17.9. The summed E-state index contributed by atoms with van der Waals surface area (Å²) in [5.41, 5.74) is 6.13. The van der Waals surface area contributed by atoms with Crippen LogP contribution in [0, 0.1) is 0 Å². The number of amides is 1. The number of aromatic hydroxyl groups is 1. The van der Waals surface area contributed by atoms with Crippen molar-refractivity contribution in [2.75, 3.05) is 11.1 Å². The van der Waals surface area contributed by atoms with Gasteiger partial charge in [0.1, 0.15) is 17.3 Å². The average molecular weight is 218 g/mol. The number of phenolic OH excluding ortho intramolecular Hbond substituents is 1. The quantitative estimate of drug-likeness (QED) is 0.602. The number of aromatic nitrogens is 2. The maximum absolute atomic E-state index is 11.6. The topological polar surface area (TPSA) is 104 Å². The number of carbonyl (C=O) groups is 1. The lowest BCUT2D eigenvalue weighted by Crippen LogP contribution is -2.12. The maximum atomic E-state index is 11.6. The minimum atomic E-state index is -0.366. The highest BCUT2D eigenvalue weighted by molar-refractivity contribution is 6.03. The summed E-state index contributed by atoms with van der Waals surface area (Å²) in [6.07, 6.45) is 0. The lowest BCUT2D eigenvalue weighted by molar-refractivity contribution is 0.102. The van der Waals surface area contributed by atoms with Crippen LogP contribution >= 0.6 is 0 Å². The molecule has 0 atom stereocenters. The number of carbonyl (C=O) groups excluding carboxylic acids is 1. The number of hydrogen-bond acceptors (Lipinski definition) is 4. The fraction of sp³-hybridized carbons (Fsp3) is 0. The summed E-state index contributed by atoms with van der Waals surface area (Å²) in [5.74, 6) is -0.0298. The fourth-order valence-corrected chi connectivity index (χ4v) is 1.24. The molecule has 0 spiro atoms. The Kier molecular flexibility index (Phi) is 2.47. The molecule has 0 fully saturated rings. The molecule has 0 aliphatic rings. The molecular weight excluding hydrogens is 208 g/mol. The van der Waals surface area contributed by atoms with Crippen LogP contribution < -0.4 is 11.1 Å². The van der Waals surface area contributed by atoms with Crippen molar-refractivity contribution in [3.05, 3.63) is 36.0 Å². The number of nitrogens with one attached hydrogen (secondary N) is 2. The van der Waals surface area contributed by atoms with Gasteiger partial charge < -0.3 is 16.2 Å². The molecule has 2 aromatic rings. The van der Waals surface area contributed by atoms with Crippen LogP contribution in [0.1, 0.15) is 10.5 Å². The number of nitrogens with zero attached hydrogens (tertiary/aromatic N) is 1. The molecule has 1 amide bonds. The molecule has 0 aliphatic heterocycles. The van der Waals surface area contributed by atoms with Gasteiger partial charge in [-0.1, -0.05) is 6.07 Å². The van der Waals surface area contributed by atoms with Crippen LogP contribution in [0.5, 0.6) is 5.75 Å². The highest BCUT2D eigenvalue weighted by atomic mass is 16.3. The molecule has 0 saturated carbocycles. The molecule has 0 bridgehead atoms. The van der Waals surface area contributed by atoms with E-state index in [-0.39, 0.29) is 23.2 Å². The Morgan fingerprint density at radius 2 is 2.25 bits per heavy atom. The first kappa shape index (κ1) is 10.0. The second-order valence-electron chi connectivity index (χ2n) is 3.21. The standard InChI is InChI=1S/C10H10N4O2/c11-9-5-8(13-14-9)10(16)12-6-2-1-3-7(15)4-6/h1-5,15H,(H,12,16)(H3,11,13,14). The van der Waals surface area contributed by atoms with Gasteiger partial charge >= 0.3 is 0 Å². The van der Waals surface area contributed by atoms with Crippen LogP contribution in [0.3, 0.4) is 0 Å². The molecule has 0 unspecified atom stereocenters.